The van der Waals surface area contributed by atoms with Crippen molar-refractivity contribution in [2.45, 2.75) is 18.8 Å². The first kappa shape index (κ1) is 32.4. The fourth-order valence-electron chi connectivity index (χ4n) is 5.27. The number of esters is 1. The maximum atomic E-state index is 13.4. The van der Waals surface area contributed by atoms with Gasteiger partial charge in [0, 0.05) is 29.5 Å². The van der Waals surface area contributed by atoms with Crippen molar-refractivity contribution in [2.75, 3.05) is 27.9 Å². The van der Waals surface area contributed by atoms with E-state index in [1.54, 1.807) is 25.3 Å². The number of hydrogen-bond donors (Lipinski definition) is 5. The highest BCUT2D eigenvalue weighted by atomic mass is 16.5. The number of hydrogen-bond acceptors (Lipinski definition) is 12. The normalized spacial score (nSPS) is 11.6. The molecule has 4 aromatic carbocycles. The topological polar surface area (TPSA) is 185 Å². The molecule has 5 rings (SSSR count). The van der Waals surface area contributed by atoms with Gasteiger partial charge >= 0.3 is 5.97 Å². The van der Waals surface area contributed by atoms with E-state index in [1.165, 1.54) is 20.3 Å². The maximum absolute atomic E-state index is 13.4. The van der Waals surface area contributed by atoms with Gasteiger partial charge in [0.1, 0.15) is 28.2 Å². The van der Waals surface area contributed by atoms with Gasteiger partial charge in [-0.15, -0.1) is 0 Å². The molecule has 0 saturated carbocycles. The van der Waals surface area contributed by atoms with E-state index in [-0.39, 0.29) is 23.1 Å². The Morgan fingerprint density at radius 3 is 2.19 bits per heavy atom. The zero-order valence-corrected chi connectivity index (χ0v) is 25.6. The molecule has 5 aromatic rings. The Kier molecular flexibility index (Phi) is 9.31. The van der Waals surface area contributed by atoms with Crippen LogP contribution in [-0.2, 0) is 16.0 Å². The highest BCUT2D eigenvalue weighted by molar-refractivity contribution is 5.92. The standard InChI is InChI=1S/C35H32O12/c1-43-21-8-4-18(5-9-21)12-13-46-27-11-7-19(15-28(27)44-2)22(16-29(40)45-3)30-25(38)17-26(39)31-32(41)33(42)34(47-35(30)31)20-6-10-23(36)24(37)14-20/h4-11,14-15,17,22,36-39,42H,12-13,16H2,1-3H3/t22-/m0/s1. The summed E-state index contributed by atoms with van der Waals surface area (Å²) in [6.45, 7) is 0.321. The molecule has 0 amide bonds. The van der Waals surface area contributed by atoms with Crippen LogP contribution in [0.25, 0.3) is 22.3 Å². The van der Waals surface area contributed by atoms with Crippen LogP contribution in [0.3, 0.4) is 0 Å². The van der Waals surface area contributed by atoms with Crippen molar-refractivity contribution < 1.29 is 53.7 Å². The first-order chi connectivity index (χ1) is 22.6. The van der Waals surface area contributed by atoms with Crippen LogP contribution in [0.5, 0.6) is 46.0 Å². The Balaban J connectivity index is 1.60. The molecule has 0 bridgehead atoms. The van der Waals surface area contributed by atoms with Crippen molar-refractivity contribution in [3.63, 3.8) is 0 Å². The van der Waals surface area contributed by atoms with E-state index < -0.39 is 57.2 Å². The molecular formula is C35H32O12. The van der Waals surface area contributed by atoms with E-state index in [0.29, 0.717) is 30.1 Å². The van der Waals surface area contributed by atoms with Crippen LogP contribution < -0.4 is 19.6 Å². The monoisotopic (exact) mass is 644 g/mol. The SMILES string of the molecule is COC(=O)C[C@@H](c1ccc(OCCc2ccc(OC)cc2)c(OC)c1)c1c(O)cc(O)c2c(=O)c(O)c(-c3ccc(O)c(O)c3)oc12. The number of rotatable bonds is 11. The fourth-order valence-corrected chi connectivity index (χ4v) is 5.27. The highest BCUT2D eigenvalue weighted by Crippen LogP contribution is 2.46. The minimum absolute atomic E-state index is 0.00733. The van der Waals surface area contributed by atoms with Crippen LogP contribution in [-0.4, -0.2) is 59.4 Å². The first-order valence-corrected chi connectivity index (χ1v) is 14.3. The second-order valence-electron chi connectivity index (χ2n) is 10.5. The van der Waals surface area contributed by atoms with Gasteiger partial charge in [-0.25, -0.2) is 0 Å². The van der Waals surface area contributed by atoms with Gasteiger partial charge in [0.05, 0.1) is 34.4 Å². The van der Waals surface area contributed by atoms with E-state index in [2.05, 4.69) is 0 Å². The Labute approximate surface area is 268 Å². The average molecular weight is 645 g/mol. The first-order valence-electron chi connectivity index (χ1n) is 14.3. The summed E-state index contributed by atoms with van der Waals surface area (Å²) >= 11 is 0. The number of ether oxygens (including phenoxy) is 4. The number of methoxy groups -OCH3 is 3. The third-order valence-electron chi connectivity index (χ3n) is 7.72. The zero-order valence-electron chi connectivity index (χ0n) is 25.6. The molecule has 0 aliphatic carbocycles. The quantitative estimate of drug-likeness (QED) is 0.0922. The zero-order chi connectivity index (χ0) is 33.8. The van der Waals surface area contributed by atoms with Crippen molar-refractivity contribution in [3.05, 3.63) is 93.6 Å². The van der Waals surface area contributed by atoms with Crippen LogP contribution in [0.15, 0.2) is 75.9 Å². The molecule has 0 unspecified atom stereocenters. The van der Waals surface area contributed by atoms with Crippen LogP contribution in [0.1, 0.15) is 29.0 Å². The summed E-state index contributed by atoms with van der Waals surface area (Å²) in [5.41, 5.74) is 0.0241. The minimum Gasteiger partial charge on any atom is -0.507 e. The van der Waals surface area contributed by atoms with Gasteiger partial charge < -0.3 is 48.9 Å². The lowest BCUT2D eigenvalue weighted by atomic mass is 9.86. The van der Waals surface area contributed by atoms with Crippen LogP contribution in [0, 0.1) is 0 Å². The lowest BCUT2D eigenvalue weighted by Gasteiger charge is -2.22. The molecule has 0 spiro atoms. The summed E-state index contributed by atoms with van der Waals surface area (Å²) in [6.07, 6.45) is 0.255. The largest absolute Gasteiger partial charge is 0.507 e. The number of aromatic hydroxyl groups is 5. The molecular weight excluding hydrogens is 612 g/mol. The second kappa shape index (κ2) is 13.5. The number of carbonyl (C=O) groups is 1. The lowest BCUT2D eigenvalue weighted by molar-refractivity contribution is -0.140. The van der Waals surface area contributed by atoms with Gasteiger partial charge in [0.15, 0.2) is 28.8 Å². The average Bonchev–Trinajstić information content (AvgIpc) is 3.07. The van der Waals surface area contributed by atoms with E-state index in [1.807, 2.05) is 24.3 Å². The van der Waals surface area contributed by atoms with Crippen LogP contribution in [0.2, 0.25) is 0 Å². The van der Waals surface area contributed by atoms with Crippen molar-refractivity contribution in [1.82, 2.24) is 0 Å². The van der Waals surface area contributed by atoms with Crippen molar-refractivity contribution in [3.8, 4) is 57.3 Å². The highest BCUT2D eigenvalue weighted by Gasteiger charge is 2.30. The van der Waals surface area contributed by atoms with Crippen LogP contribution in [0.4, 0.5) is 0 Å². The smallest absolute Gasteiger partial charge is 0.306 e. The van der Waals surface area contributed by atoms with E-state index in [0.717, 1.165) is 29.5 Å². The molecule has 0 fully saturated rings. The predicted molar refractivity (Wildman–Crippen MR) is 170 cm³/mol. The van der Waals surface area contributed by atoms with Crippen LogP contribution >= 0.6 is 0 Å². The summed E-state index contributed by atoms with van der Waals surface area (Å²) < 4.78 is 27.7. The number of carbonyl (C=O) groups excluding carboxylic acids is 1. The predicted octanol–water partition coefficient (Wildman–Crippen LogP) is 5.32. The van der Waals surface area contributed by atoms with Gasteiger partial charge in [0.2, 0.25) is 11.2 Å². The third-order valence-corrected chi connectivity index (χ3v) is 7.72. The Bertz CT molecular complexity index is 2000. The molecule has 1 atom stereocenters. The molecule has 0 aliphatic rings. The number of phenolic OH excluding ortho intramolecular Hbond substituents is 4. The molecule has 0 aliphatic heterocycles. The van der Waals surface area contributed by atoms with Gasteiger partial charge in [-0.05, 0) is 53.6 Å². The summed E-state index contributed by atoms with van der Waals surface area (Å²) in [6, 6.07) is 16.9. The van der Waals surface area contributed by atoms with Crippen molar-refractivity contribution >= 4 is 16.9 Å². The summed E-state index contributed by atoms with van der Waals surface area (Å²) in [5, 5.41) is 51.9. The number of phenols is 4. The van der Waals surface area contributed by atoms with Gasteiger partial charge in [0.25, 0.3) is 0 Å². The molecule has 0 saturated heterocycles. The molecule has 1 aromatic heterocycles. The molecule has 47 heavy (non-hydrogen) atoms. The molecule has 244 valence electrons. The minimum atomic E-state index is -1.04. The molecule has 1 heterocycles. The Hall–Kier alpha value is -6.04. The third kappa shape index (κ3) is 6.52. The molecule has 0 radical (unpaired) electrons. The molecule has 5 N–H and O–H groups in total. The number of fused-ring (bicyclic) bond motifs is 1. The molecule has 12 heteroatoms. The summed E-state index contributed by atoms with van der Waals surface area (Å²) in [7, 11) is 4.24. The molecule has 12 nitrogen and oxygen atoms in total. The van der Waals surface area contributed by atoms with Gasteiger partial charge in [-0.2, -0.15) is 0 Å². The Morgan fingerprint density at radius 2 is 1.53 bits per heavy atom. The summed E-state index contributed by atoms with van der Waals surface area (Å²) in [5.74, 6) is -3.74. The fraction of sp³-hybridized carbons (Fsp3) is 0.200. The lowest BCUT2D eigenvalue weighted by Crippen LogP contribution is -2.13. The van der Waals surface area contributed by atoms with Gasteiger partial charge in [-0.3, -0.25) is 9.59 Å². The second-order valence-corrected chi connectivity index (χ2v) is 10.5. The number of benzene rings is 4. The maximum Gasteiger partial charge on any atom is 0.306 e. The van der Waals surface area contributed by atoms with E-state index >= 15 is 0 Å². The van der Waals surface area contributed by atoms with Crippen molar-refractivity contribution in [2.24, 2.45) is 0 Å². The van der Waals surface area contributed by atoms with Gasteiger partial charge in [-0.1, -0.05) is 18.2 Å². The summed E-state index contributed by atoms with van der Waals surface area (Å²) in [4.78, 5) is 26.1. The van der Waals surface area contributed by atoms with Crippen molar-refractivity contribution in [1.29, 1.82) is 0 Å². The van der Waals surface area contributed by atoms with E-state index in [4.69, 9.17) is 23.4 Å². The Morgan fingerprint density at radius 1 is 0.787 bits per heavy atom. The van der Waals surface area contributed by atoms with E-state index in [9.17, 15) is 35.1 Å².